The molecule has 0 unspecified atom stereocenters. The molecule has 0 fully saturated rings. The molecule has 0 N–H and O–H groups in total. The molecule has 0 aliphatic carbocycles. The van der Waals surface area contributed by atoms with Gasteiger partial charge in [-0.3, -0.25) is 0 Å². The van der Waals surface area contributed by atoms with Gasteiger partial charge in [0.15, 0.2) is 23.0 Å². The normalized spacial score (nSPS) is 11.1. The van der Waals surface area contributed by atoms with Crippen molar-refractivity contribution in [3.63, 3.8) is 0 Å². The largest absolute Gasteiger partial charge is 0.493 e. The van der Waals surface area contributed by atoms with Gasteiger partial charge < -0.3 is 18.9 Å². The Hall–Kier alpha value is -1.74. The number of fused-ring (bicyclic) bond motifs is 2. The molecule has 0 amide bonds. The van der Waals surface area contributed by atoms with E-state index in [1.165, 1.54) is 26.5 Å². The summed E-state index contributed by atoms with van der Waals surface area (Å²) >= 11 is 7.08. The van der Waals surface area contributed by atoms with Gasteiger partial charge in [0.05, 0.1) is 28.4 Å². The quantitative estimate of drug-likeness (QED) is 0.395. The van der Waals surface area contributed by atoms with Crippen LogP contribution < -0.4 is 18.9 Å². The molecule has 0 aromatic heterocycles. The van der Waals surface area contributed by atoms with Crippen LogP contribution in [0.4, 0.5) is 0 Å². The Morgan fingerprint density at radius 2 is 0.692 bits per heavy atom. The molecule has 2 aliphatic rings. The second kappa shape index (κ2) is 7.11. The van der Waals surface area contributed by atoms with Crippen molar-refractivity contribution < 1.29 is 18.9 Å². The van der Waals surface area contributed by atoms with Gasteiger partial charge in [0.25, 0.3) is 0 Å². The molecule has 0 bridgehead atoms. The summed E-state index contributed by atoms with van der Waals surface area (Å²) in [6.45, 7) is 0. The highest BCUT2D eigenvalue weighted by atomic mass is 32.2. The third-order valence-corrected chi connectivity index (χ3v) is 9.44. The maximum Gasteiger partial charge on any atom is 0.162 e. The summed E-state index contributed by atoms with van der Waals surface area (Å²) in [6, 6.07) is 8.19. The second-order valence-electron chi connectivity index (χ2n) is 5.29. The van der Waals surface area contributed by atoms with Crippen LogP contribution in [0.5, 0.6) is 23.0 Å². The number of methoxy groups -OCH3 is 4. The molecule has 0 saturated heterocycles. The van der Waals surface area contributed by atoms with E-state index in [0.29, 0.717) is 0 Å². The molecule has 2 aromatic rings. The van der Waals surface area contributed by atoms with Gasteiger partial charge in [-0.25, -0.2) is 0 Å². The summed E-state index contributed by atoms with van der Waals surface area (Å²) < 4.78 is 29.1. The minimum Gasteiger partial charge on any atom is -0.493 e. The Bertz CT molecular complexity index is 1010. The van der Waals surface area contributed by atoms with Crippen LogP contribution in [0, 0.1) is 7.69 Å². The van der Waals surface area contributed by atoms with E-state index < -0.39 is 0 Å². The van der Waals surface area contributed by atoms with Crippen molar-refractivity contribution in [2.45, 2.75) is 0 Å². The smallest absolute Gasteiger partial charge is 0.162 e. The third kappa shape index (κ3) is 2.96. The third-order valence-electron chi connectivity index (χ3n) is 3.88. The zero-order valence-electron chi connectivity index (χ0n) is 14.6. The van der Waals surface area contributed by atoms with Gasteiger partial charge >= 0.3 is 0 Å². The van der Waals surface area contributed by atoms with E-state index in [1.807, 2.05) is 24.3 Å². The molecule has 0 saturated carbocycles. The minimum atomic E-state index is 0.753. The summed E-state index contributed by atoms with van der Waals surface area (Å²) in [4.78, 5) is 0. The SMILES string of the molecule is COc1cc2sc3sc4cc(OC)c(OC)cc4sc=3sc2cc1OC. The summed E-state index contributed by atoms with van der Waals surface area (Å²) in [6.07, 6.45) is 0. The minimum absolute atomic E-state index is 0.753. The van der Waals surface area contributed by atoms with E-state index in [9.17, 15) is 0 Å². The fourth-order valence-corrected chi connectivity index (χ4v) is 7.96. The Kier molecular flexibility index (Phi) is 4.83. The maximum atomic E-state index is 5.44. The summed E-state index contributed by atoms with van der Waals surface area (Å²) in [5.74, 6) is 3.01. The topological polar surface area (TPSA) is 36.9 Å². The predicted octanol–water partition coefficient (Wildman–Crippen LogP) is 6.12. The molecule has 8 heteroatoms. The first kappa shape index (κ1) is 17.7. The van der Waals surface area contributed by atoms with E-state index in [0.717, 1.165) is 23.0 Å². The van der Waals surface area contributed by atoms with Gasteiger partial charge in [0.2, 0.25) is 0 Å². The van der Waals surface area contributed by atoms with Crippen LogP contribution in [0.2, 0.25) is 0 Å². The number of hydrogen-bond donors (Lipinski definition) is 0. The Labute approximate surface area is 166 Å². The maximum absolute atomic E-state index is 5.44. The lowest BCUT2D eigenvalue weighted by Crippen LogP contribution is -1.90. The first-order valence-electron chi connectivity index (χ1n) is 7.64. The van der Waals surface area contributed by atoms with E-state index in [-0.39, 0.29) is 0 Å². The highest BCUT2D eigenvalue weighted by Crippen LogP contribution is 2.41. The van der Waals surface area contributed by atoms with E-state index in [2.05, 4.69) is 0 Å². The lowest BCUT2D eigenvalue weighted by molar-refractivity contribution is 0.356. The zero-order chi connectivity index (χ0) is 18.3. The highest BCUT2D eigenvalue weighted by Gasteiger charge is 2.11. The van der Waals surface area contributed by atoms with Crippen molar-refractivity contribution in [3.8, 4) is 23.0 Å². The van der Waals surface area contributed by atoms with Crippen LogP contribution in [-0.2, 0) is 0 Å². The first-order valence-corrected chi connectivity index (χ1v) is 10.9. The lowest BCUT2D eigenvalue weighted by Gasteiger charge is -2.10. The molecule has 2 heterocycles. The van der Waals surface area contributed by atoms with Crippen LogP contribution in [-0.4, -0.2) is 28.4 Å². The first-order chi connectivity index (χ1) is 12.7. The van der Waals surface area contributed by atoms with Crippen molar-refractivity contribution in [3.05, 3.63) is 32.0 Å². The molecular formula is C18H16O4S4. The second-order valence-corrected chi connectivity index (χ2v) is 10.0. The Morgan fingerprint density at radius 1 is 0.462 bits per heavy atom. The fourth-order valence-electron chi connectivity index (χ4n) is 2.61. The van der Waals surface area contributed by atoms with E-state index in [1.54, 1.807) is 73.8 Å². The van der Waals surface area contributed by atoms with E-state index in [4.69, 9.17) is 18.9 Å². The monoisotopic (exact) mass is 424 g/mol. The molecule has 0 spiro atoms. The Morgan fingerprint density at radius 3 is 0.885 bits per heavy atom. The van der Waals surface area contributed by atoms with Gasteiger partial charge in [-0.1, -0.05) is 0 Å². The van der Waals surface area contributed by atoms with Crippen molar-refractivity contribution >= 4 is 64.1 Å². The van der Waals surface area contributed by atoms with Crippen LogP contribution in [0.25, 0.3) is 18.8 Å². The molecule has 0 radical (unpaired) electrons. The van der Waals surface area contributed by atoms with Crippen molar-refractivity contribution in [2.75, 3.05) is 28.4 Å². The van der Waals surface area contributed by atoms with Gasteiger partial charge in [-0.15, -0.1) is 45.3 Å². The van der Waals surface area contributed by atoms with E-state index >= 15 is 0 Å². The molecule has 26 heavy (non-hydrogen) atoms. The van der Waals surface area contributed by atoms with Gasteiger partial charge in [-0.2, -0.15) is 0 Å². The summed E-state index contributed by atoms with van der Waals surface area (Å²) in [7, 11) is 6.65. The number of rotatable bonds is 4. The van der Waals surface area contributed by atoms with Crippen LogP contribution in [0.3, 0.4) is 0 Å². The van der Waals surface area contributed by atoms with Crippen LogP contribution in [0.15, 0.2) is 24.3 Å². The summed E-state index contributed by atoms with van der Waals surface area (Å²) in [5, 5.41) is 0. The number of hydrogen-bond acceptors (Lipinski definition) is 8. The zero-order valence-corrected chi connectivity index (χ0v) is 17.8. The molecule has 2 aliphatic heterocycles. The van der Waals surface area contributed by atoms with Crippen molar-refractivity contribution in [1.29, 1.82) is 0 Å². The van der Waals surface area contributed by atoms with Gasteiger partial charge in [0, 0.05) is 43.1 Å². The molecule has 136 valence electrons. The fraction of sp³-hybridized carbons (Fsp3) is 0.222. The molecule has 4 rings (SSSR count). The average molecular weight is 425 g/mol. The molecule has 2 aromatic carbocycles. The number of ether oxygens (including phenoxy) is 4. The Balaban J connectivity index is 2.04. The predicted molar refractivity (Wildman–Crippen MR) is 112 cm³/mol. The highest BCUT2D eigenvalue weighted by molar-refractivity contribution is 7.41. The van der Waals surface area contributed by atoms with Crippen LogP contribution in [0.1, 0.15) is 0 Å². The molecular weight excluding hydrogens is 408 g/mol. The van der Waals surface area contributed by atoms with Crippen LogP contribution >= 0.6 is 45.3 Å². The number of benzene rings is 2. The average Bonchev–Trinajstić information content (AvgIpc) is 2.68. The summed E-state index contributed by atoms with van der Waals surface area (Å²) in [5.41, 5.74) is 0. The lowest BCUT2D eigenvalue weighted by atomic mass is 10.3. The molecule has 0 atom stereocenters. The van der Waals surface area contributed by atoms with Crippen molar-refractivity contribution in [2.24, 2.45) is 0 Å². The van der Waals surface area contributed by atoms with Crippen molar-refractivity contribution in [1.82, 2.24) is 0 Å². The van der Waals surface area contributed by atoms with Gasteiger partial charge in [0.1, 0.15) is 7.69 Å². The van der Waals surface area contributed by atoms with Gasteiger partial charge in [-0.05, 0) is 0 Å². The molecule has 4 nitrogen and oxygen atoms in total. The standard InChI is InChI=1S/C18H16O4S4/c1-19-9-5-13-14(6-10(9)20-2)24-18-17(23-13)25-15-7-11(21-3)12(22-4)8-16(15)26-18/h5-8H,1-4H3.